The molecule has 0 radical (unpaired) electrons. The second-order valence-electron chi connectivity index (χ2n) is 1.67. The SMILES string of the molecule is C#COC(=O)CNC(=O)OCC. The van der Waals surface area contributed by atoms with Crippen LogP contribution in [0.15, 0.2) is 0 Å². The highest BCUT2D eigenvalue weighted by atomic mass is 16.6. The van der Waals surface area contributed by atoms with Crippen LogP contribution >= 0.6 is 0 Å². The van der Waals surface area contributed by atoms with Gasteiger partial charge in [0.05, 0.1) is 6.61 Å². The molecule has 5 heteroatoms. The lowest BCUT2D eigenvalue weighted by molar-refractivity contribution is -0.135. The number of amides is 1. The summed E-state index contributed by atoms with van der Waals surface area (Å²) < 4.78 is 8.55. The molecule has 0 atom stereocenters. The van der Waals surface area contributed by atoms with Crippen LogP contribution in [-0.2, 0) is 14.3 Å². The van der Waals surface area contributed by atoms with Gasteiger partial charge in [0.2, 0.25) is 0 Å². The second-order valence-corrected chi connectivity index (χ2v) is 1.67. The fourth-order valence-electron chi connectivity index (χ4n) is 0.428. The summed E-state index contributed by atoms with van der Waals surface area (Å²) in [6.07, 6.45) is 5.66. The average molecular weight is 171 g/mol. The van der Waals surface area contributed by atoms with Crippen molar-refractivity contribution in [1.29, 1.82) is 0 Å². The maximum absolute atomic E-state index is 10.6. The number of hydrogen-bond donors (Lipinski definition) is 1. The molecule has 0 aliphatic heterocycles. The molecule has 0 aromatic heterocycles. The van der Waals surface area contributed by atoms with Crippen molar-refractivity contribution in [3.05, 3.63) is 0 Å². The van der Waals surface area contributed by atoms with Crippen LogP contribution < -0.4 is 5.32 Å². The zero-order chi connectivity index (χ0) is 9.40. The molecule has 0 rings (SSSR count). The highest BCUT2D eigenvalue weighted by Crippen LogP contribution is 1.77. The third-order valence-electron chi connectivity index (χ3n) is 0.825. The molecule has 0 bridgehead atoms. The molecular formula is C7H9NO4. The van der Waals surface area contributed by atoms with Gasteiger partial charge in [0.1, 0.15) is 12.7 Å². The Labute approximate surface area is 70.0 Å². The molecule has 0 spiro atoms. The normalized spacial score (nSPS) is 8.00. The molecule has 0 aromatic rings. The van der Waals surface area contributed by atoms with E-state index in [4.69, 9.17) is 0 Å². The van der Waals surface area contributed by atoms with E-state index in [0.717, 1.165) is 0 Å². The van der Waals surface area contributed by atoms with Gasteiger partial charge in [-0.3, -0.25) is 0 Å². The highest BCUT2D eigenvalue weighted by molar-refractivity contribution is 5.78. The predicted molar refractivity (Wildman–Crippen MR) is 39.9 cm³/mol. The number of rotatable bonds is 3. The zero-order valence-corrected chi connectivity index (χ0v) is 6.62. The molecule has 0 fully saturated rings. The summed E-state index contributed by atoms with van der Waals surface area (Å²) in [5.41, 5.74) is 0. The van der Waals surface area contributed by atoms with E-state index in [1.807, 2.05) is 0 Å². The number of nitrogens with one attached hydrogen (secondary N) is 1. The van der Waals surface area contributed by atoms with Crippen molar-refractivity contribution in [2.45, 2.75) is 6.92 Å². The summed E-state index contributed by atoms with van der Waals surface area (Å²) in [5.74, 6) is -0.703. The fraction of sp³-hybridized carbons (Fsp3) is 0.429. The van der Waals surface area contributed by atoms with E-state index >= 15 is 0 Å². The molecule has 0 aliphatic carbocycles. The van der Waals surface area contributed by atoms with E-state index in [0.29, 0.717) is 0 Å². The molecule has 0 saturated heterocycles. The Morgan fingerprint density at radius 2 is 2.25 bits per heavy atom. The van der Waals surface area contributed by atoms with Crippen molar-refractivity contribution in [3.8, 4) is 12.5 Å². The summed E-state index contributed by atoms with van der Waals surface area (Å²) in [5, 5.41) is 2.14. The molecule has 1 amide bonds. The van der Waals surface area contributed by atoms with Gasteiger partial charge in [0, 0.05) is 0 Å². The lowest BCUT2D eigenvalue weighted by Gasteiger charge is -2.01. The minimum absolute atomic E-state index is 0.246. The Morgan fingerprint density at radius 1 is 1.58 bits per heavy atom. The first-order chi connectivity index (χ1) is 5.70. The summed E-state index contributed by atoms with van der Waals surface area (Å²) in [4.78, 5) is 21.1. The quantitative estimate of drug-likeness (QED) is 0.474. The third-order valence-corrected chi connectivity index (χ3v) is 0.825. The monoisotopic (exact) mass is 171 g/mol. The van der Waals surface area contributed by atoms with Gasteiger partial charge in [-0.25, -0.2) is 9.59 Å². The number of alkyl carbamates (subject to hydrolysis) is 1. The van der Waals surface area contributed by atoms with E-state index in [-0.39, 0.29) is 13.2 Å². The molecule has 0 aromatic carbocycles. The molecule has 12 heavy (non-hydrogen) atoms. The largest absolute Gasteiger partial charge is 0.450 e. The molecular weight excluding hydrogens is 162 g/mol. The van der Waals surface area contributed by atoms with Gasteiger partial charge in [-0.2, -0.15) is 0 Å². The molecule has 0 aliphatic rings. The van der Waals surface area contributed by atoms with Crippen LogP contribution in [0.25, 0.3) is 0 Å². The van der Waals surface area contributed by atoms with E-state index in [2.05, 4.69) is 21.2 Å². The van der Waals surface area contributed by atoms with Crippen LogP contribution in [0, 0.1) is 12.5 Å². The van der Waals surface area contributed by atoms with E-state index in [1.165, 1.54) is 0 Å². The standard InChI is InChI=1S/C7H9NO4/c1-3-11-6(9)5-8-7(10)12-4-2/h1H,4-5H2,2H3,(H,8,10). The number of carbonyl (C=O) groups excluding carboxylic acids is 2. The second kappa shape index (κ2) is 6.04. The Balaban J connectivity index is 3.48. The number of ether oxygens (including phenoxy) is 2. The average Bonchev–Trinajstić information content (AvgIpc) is 2.02. The summed E-state index contributed by atoms with van der Waals surface area (Å²) >= 11 is 0. The van der Waals surface area contributed by atoms with Crippen LogP contribution in [0.4, 0.5) is 4.79 Å². The van der Waals surface area contributed by atoms with Crippen LogP contribution in [0.1, 0.15) is 6.92 Å². The van der Waals surface area contributed by atoms with Crippen LogP contribution in [0.3, 0.4) is 0 Å². The van der Waals surface area contributed by atoms with E-state index in [1.54, 1.807) is 13.0 Å². The summed E-state index contributed by atoms with van der Waals surface area (Å²) in [6, 6.07) is 0. The van der Waals surface area contributed by atoms with Crippen LogP contribution in [0.2, 0.25) is 0 Å². The minimum atomic E-state index is -0.703. The van der Waals surface area contributed by atoms with Gasteiger partial charge in [-0.05, 0) is 6.92 Å². The van der Waals surface area contributed by atoms with Crippen molar-refractivity contribution in [2.75, 3.05) is 13.2 Å². The Morgan fingerprint density at radius 3 is 2.75 bits per heavy atom. The predicted octanol–water partition coefficient (Wildman–Crippen LogP) is -0.134. The maximum Gasteiger partial charge on any atom is 0.407 e. The Bertz CT molecular complexity index is 206. The highest BCUT2D eigenvalue weighted by Gasteiger charge is 2.04. The van der Waals surface area contributed by atoms with Gasteiger partial charge in [0.15, 0.2) is 0 Å². The smallest absolute Gasteiger partial charge is 0.407 e. The minimum Gasteiger partial charge on any atom is -0.450 e. The van der Waals surface area contributed by atoms with Crippen molar-refractivity contribution in [2.24, 2.45) is 0 Å². The van der Waals surface area contributed by atoms with Crippen molar-refractivity contribution in [1.82, 2.24) is 5.32 Å². The first-order valence-corrected chi connectivity index (χ1v) is 3.26. The van der Waals surface area contributed by atoms with Gasteiger partial charge < -0.3 is 14.8 Å². The lowest BCUT2D eigenvalue weighted by Crippen LogP contribution is -2.30. The number of terminal acetylenes is 1. The molecule has 0 heterocycles. The summed E-state index contributed by atoms with van der Waals surface area (Å²) in [6.45, 7) is 1.61. The molecule has 0 saturated carbocycles. The van der Waals surface area contributed by atoms with Gasteiger partial charge in [-0.15, -0.1) is 0 Å². The van der Waals surface area contributed by atoms with Crippen molar-refractivity contribution < 1.29 is 19.1 Å². The molecule has 0 unspecified atom stereocenters. The number of carbonyl (C=O) groups is 2. The maximum atomic E-state index is 10.6. The Hall–Kier alpha value is -1.70. The molecule has 1 N–H and O–H groups in total. The number of esters is 1. The first kappa shape index (κ1) is 10.3. The van der Waals surface area contributed by atoms with Gasteiger partial charge >= 0.3 is 12.1 Å². The Kier molecular flexibility index (Phi) is 5.18. The van der Waals surface area contributed by atoms with E-state index in [9.17, 15) is 9.59 Å². The van der Waals surface area contributed by atoms with Gasteiger partial charge in [-0.1, -0.05) is 6.42 Å². The number of hydrogen-bond acceptors (Lipinski definition) is 4. The van der Waals surface area contributed by atoms with Crippen molar-refractivity contribution in [3.63, 3.8) is 0 Å². The third kappa shape index (κ3) is 5.11. The molecule has 5 nitrogen and oxygen atoms in total. The summed E-state index contributed by atoms with van der Waals surface area (Å²) in [7, 11) is 0. The zero-order valence-electron chi connectivity index (χ0n) is 6.62. The topological polar surface area (TPSA) is 64.6 Å². The van der Waals surface area contributed by atoms with E-state index < -0.39 is 12.1 Å². The van der Waals surface area contributed by atoms with Crippen LogP contribution in [0.5, 0.6) is 0 Å². The van der Waals surface area contributed by atoms with Crippen LogP contribution in [-0.4, -0.2) is 25.2 Å². The fourth-order valence-corrected chi connectivity index (χ4v) is 0.428. The first-order valence-electron chi connectivity index (χ1n) is 3.26. The van der Waals surface area contributed by atoms with Gasteiger partial charge in [0.25, 0.3) is 0 Å². The lowest BCUT2D eigenvalue weighted by atomic mass is 10.6. The molecule has 66 valence electrons. The van der Waals surface area contributed by atoms with Crippen molar-refractivity contribution >= 4 is 12.1 Å².